The van der Waals surface area contributed by atoms with Crippen LogP contribution < -0.4 is 0 Å². The van der Waals surface area contributed by atoms with E-state index in [1.807, 2.05) is 18.7 Å². The first-order valence-corrected chi connectivity index (χ1v) is 6.81. The zero-order chi connectivity index (χ0) is 11.8. The Labute approximate surface area is 104 Å². The van der Waals surface area contributed by atoms with E-state index in [4.69, 9.17) is 4.42 Å². The van der Waals surface area contributed by atoms with E-state index in [0.717, 1.165) is 41.8 Å². The predicted molar refractivity (Wildman–Crippen MR) is 65.7 cm³/mol. The molecule has 2 aromatic rings. The quantitative estimate of drug-likeness (QED) is 0.819. The lowest BCUT2D eigenvalue weighted by Crippen LogP contribution is -2.16. The number of rotatable bonds is 2. The summed E-state index contributed by atoms with van der Waals surface area (Å²) in [5.41, 5.74) is 0.811. The third-order valence-electron chi connectivity index (χ3n) is 3.03. The standard InChI is InChI=1S/C11H14N4OS/c1-3-8-10-13-14-11(15(10)4-5-17-8)9-7(2)16-6-12-9/h6,8H,3-5H2,1-2H3. The molecule has 3 rings (SSSR count). The molecule has 5 nitrogen and oxygen atoms in total. The molecule has 0 N–H and O–H groups in total. The van der Waals surface area contributed by atoms with E-state index < -0.39 is 0 Å². The Morgan fingerprint density at radius 2 is 2.41 bits per heavy atom. The van der Waals surface area contributed by atoms with E-state index in [2.05, 4.69) is 26.7 Å². The number of fused-ring (bicyclic) bond motifs is 1. The van der Waals surface area contributed by atoms with E-state index >= 15 is 0 Å². The predicted octanol–water partition coefficient (Wildman–Crippen LogP) is 2.44. The Kier molecular flexibility index (Phi) is 2.66. The van der Waals surface area contributed by atoms with E-state index in [0.29, 0.717) is 5.25 Å². The molecular formula is C11H14N4OS. The third kappa shape index (κ3) is 1.67. The van der Waals surface area contributed by atoms with E-state index in [1.165, 1.54) is 6.39 Å². The molecule has 0 bridgehead atoms. The summed E-state index contributed by atoms with van der Waals surface area (Å²) < 4.78 is 7.41. The number of aryl methyl sites for hydroxylation is 1. The van der Waals surface area contributed by atoms with Crippen molar-refractivity contribution in [3.63, 3.8) is 0 Å². The lowest BCUT2D eigenvalue weighted by Gasteiger charge is -2.21. The summed E-state index contributed by atoms with van der Waals surface area (Å²) in [6.07, 6.45) is 2.54. The highest BCUT2D eigenvalue weighted by atomic mass is 32.2. The first kappa shape index (κ1) is 10.8. The van der Waals surface area contributed by atoms with Crippen molar-refractivity contribution in [3.8, 4) is 11.5 Å². The van der Waals surface area contributed by atoms with Crippen molar-refractivity contribution in [2.75, 3.05) is 5.75 Å². The number of hydrogen-bond acceptors (Lipinski definition) is 5. The minimum absolute atomic E-state index is 0.456. The first-order chi connectivity index (χ1) is 8.31. The Morgan fingerprint density at radius 1 is 1.53 bits per heavy atom. The largest absolute Gasteiger partial charge is 0.448 e. The maximum absolute atomic E-state index is 5.24. The molecule has 1 aliphatic rings. The molecule has 0 amide bonds. The molecule has 1 unspecified atom stereocenters. The molecule has 17 heavy (non-hydrogen) atoms. The maximum atomic E-state index is 5.24. The van der Waals surface area contributed by atoms with Gasteiger partial charge in [-0.2, -0.15) is 0 Å². The van der Waals surface area contributed by atoms with Gasteiger partial charge in [0, 0.05) is 12.3 Å². The zero-order valence-electron chi connectivity index (χ0n) is 9.88. The topological polar surface area (TPSA) is 56.7 Å². The number of nitrogens with zero attached hydrogens (tertiary/aromatic N) is 4. The van der Waals surface area contributed by atoms with Gasteiger partial charge in [0.05, 0.1) is 5.25 Å². The van der Waals surface area contributed by atoms with Crippen LogP contribution >= 0.6 is 11.8 Å². The SMILES string of the molecule is CCC1SCCn2c(-c3ncoc3C)nnc21. The Balaban J connectivity index is 2.09. The van der Waals surface area contributed by atoms with Gasteiger partial charge in [-0.3, -0.25) is 0 Å². The van der Waals surface area contributed by atoms with E-state index in [-0.39, 0.29) is 0 Å². The van der Waals surface area contributed by atoms with Crippen molar-refractivity contribution in [2.24, 2.45) is 0 Å². The van der Waals surface area contributed by atoms with Gasteiger partial charge in [-0.25, -0.2) is 4.98 Å². The fourth-order valence-electron chi connectivity index (χ4n) is 2.13. The summed E-state index contributed by atoms with van der Waals surface area (Å²) in [6.45, 7) is 5.03. The molecule has 0 radical (unpaired) electrons. The van der Waals surface area contributed by atoms with Gasteiger partial charge in [0.25, 0.3) is 0 Å². The molecule has 6 heteroatoms. The van der Waals surface area contributed by atoms with Crippen LogP contribution in [0, 0.1) is 6.92 Å². The second-order valence-electron chi connectivity index (χ2n) is 4.06. The molecule has 0 saturated heterocycles. The van der Waals surface area contributed by atoms with Gasteiger partial charge in [-0.15, -0.1) is 22.0 Å². The van der Waals surface area contributed by atoms with Crippen molar-refractivity contribution < 1.29 is 4.42 Å². The molecule has 1 atom stereocenters. The van der Waals surface area contributed by atoms with Crippen molar-refractivity contribution in [1.29, 1.82) is 0 Å². The number of oxazole rings is 1. The van der Waals surface area contributed by atoms with E-state index in [9.17, 15) is 0 Å². The highest BCUT2D eigenvalue weighted by molar-refractivity contribution is 7.99. The maximum Gasteiger partial charge on any atom is 0.186 e. The summed E-state index contributed by atoms with van der Waals surface area (Å²) in [5, 5.41) is 9.05. The van der Waals surface area contributed by atoms with Crippen LogP contribution in [-0.2, 0) is 6.54 Å². The normalized spacial score (nSPS) is 19.3. The van der Waals surface area contributed by atoms with Crippen LogP contribution in [0.15, 0.2) is 10.8 Å². The smallest absolute Gasteiger partial charge is 0.186 e. The average Bonchev–Trinajstić information content (AvgIpc) is 2.94. The highest BCUT2D eigenvalue weighted by Crippen LogP contribution is 2.36. The number of hydrogen-bond donors (Lipinski definition) is 0. The van der Waals surface area contributed by atoms with Gasteiger partial charge < -0.3 is 8.98 Å². The number of aromatic nitrogens is 4. The molecule has 0 fully saturated rings. The average molecular weight is 250 g/mol. The summed E-state index contributed by atoms with van der Waals surface area (Å²) in [5.74, 6) is 3.81. The summed E-state index contributed by atoms with van der Waals surface area (Å²) >= 11 is 1.95. The van der Waals surface area contributed by atoms with Gasteiger partial charge in [0.2, 0.25) is 0 Å². The van der Waals surface area contributed by atoms with Crippen LogP contribution in [0.3, 0.4) is 0 Å². The lowest BCUT2D eigenvalue weighted by atomic mass is 10.3. The van der Waals surface area contributed by atoms with Crippen molar-refractivity contribution in [3.05, 3.63) is 18.0 Å². The second kappa shape index (κ2) is 4.18. The van der Waals surface area contributed by atoms with E-state index in [1.54, 1.807) is 0 Å². The Hall–Kier alpha value is -1.30. The van der Waals surface area contributed by atoms with Crippen LogP contribution in [-0.4, -0.2) is 25.5 Å². The fraction of sp³-hybridized carbons (Fsp3) is 0.545. The molecule has 0 aromatic carbocycles. The highest BCUT2D eigenvalue weighted by Gasteiger charge is 2.26. The Bertz CT molecular complexity index is 533. The molecule has 3 heterocycles. The minimum Gasteiger partial charge on any atom is -0.448 e. The fourth-order valence-corrected chi connectivity index (χ4v) is 3.26. The summed E-state index contributed by atoms with van der Waals surface area (Å²) in [6, 6.07) is 0. The van der Waals surface area contributed by atoms with Crippen LogP contribution in [0.25, 0.3) is 11.5 Å². The molecule has 0 aliphatic carbocycles. The van der Waals surface area contributed by atoms with Crippen molar-refractivity contribution in [1.82, 2.24) is 19.7 Å². The monoisotopic (exact) mass is 250 g/mol. The van der Waals surface area contributed by atoms with Crippen LogP contribution in [0.2, 0.25) is 0 Å². The number of thioether (sulfide) groups is 1. The molecule has 0 saturated carbocycles. The summed E-state index contributed by atoms with van der Waals surface area (Å²) in [7, 11) is 0. The van der Waals surface area contributed by atoms with Gasteiger partial charge in [0.1, 0.15) is 17.3 Å². The van der Waals surface area contributed by atoms with Crippen molar-refractivity contribution >= 4 is 11.8 Å². The van der Waals surface area contributed by atoms with Crippen LogP contribution in [0.1, 0.15) is 30.2 Å². The van der Waals surface area contributed by atoms with Gasteiger partial charge >= 0.3 is 0 Å². The van der Waals surface area contributed by atoms with Crippen molar-refractivity contribution in [2.45, 2.75) is 32.1 Å². The summed E-state index contributed by atoms with van der Waals surface area (Å²) in [4.78, 5) is 4.22. The first-order valence-electron chi connectivity index (χ1n) is 5.76. The zero-order valence-corrected chi connectivity index (χ0v) is 10.7. The van der Waals surface area contributed by atoms with Crippen LogP contribution in [0.4, 0.5) is 0 Å². The Morgan fingerprint density at radius 3 is 3.12 bits per heavy atom. The van der Waals surface area contributed by atoms with Crippen LogP contribution in [0.5, 0.6) is 0 Å². The molecule has 90 valence electrons. The van der Waals surface area contributed by atoms with Gasteiger partial charge in [0.15, 0.2) is 12.2 Å². The third-order valence-corrected chi connectivity index (χ3v) is 4.39. The molecular weight excluding hydrogens is 236 g/mol. The lowest BCUT2D eigenvalue weighted by molar-refractivity contribution is 0.527. The van der Waals surface area contributed by atoms with Gasteiger partial charge in [-0.1, -0.05) is 6.92 Å². The molecule has 0 spiro atoms. The minimum atomic E-state index is 0.456. The van der Waals surface area contributed by atoms with Gasteiger partial charge in [-0.05, 0) is 13.3 Å². The second-order valence-corrected chi connectivity index (χ2v) is 5.37. The molecule has 1 aliphatic heterocycles. The molecule has 2 aromatic heterocycles.